The molecule has 0 aliphatic carbocycles. The van der Waals surface area contributed by atoms with Gasteiger partial charge in [-0.2, -0.15) is 9.97 Å². The highest BCUT2D eigenvalue weighted by molar-refractivity contribution is 7.98. The summed E-state index contributed by atoms with van der Waals surface area (Å²) < 4.78 is 0. The number of nitrogens with two attached hydrogens (primary N) is 1. The maximum atomic E-state index is 5.62. The van der Waals surface area contributed by atoms with Crippen molar-refractivity contribution >= 4 is 17.7 Å². The zero-order chi connectivity index (χ0) is 12.3. The number of nitrogen functional groups attached to an aromatic ring is 1. The van der Waals surface area contributed by atoms with Crippen molar-refractivity contribution in [2.45, 2.75) is 11.7 Å². The van der Waals surface area contributed by atoms with Crippen LogP contribution in [0, 0.1) is 0 Å². The van der Waals surface area contributed by atoms with E-state index in [2.05, 4.69) is 15.0 Å². The van der Waals surface area contributed by atoms with Crippen LogP contribution < -0.4 is 5.73 Å². The lowest BCUT2D eigenvalue weighted by Crippen LogP contribution is -2.19. The number of aromatic nitrogens is 3. The van der Waals surface area contributed by atoms with E-state index in [0.29, 0.717) is 17.5 Å². The number of thioether (sulfide) groups is 1. The van der Waals surface area contributed by atoms with E-state index in [0.717, 1.165) is 0 Å². The first-order chi connectivity index (χ1) is 8.17. The van der Waals surface area contributed by atoms with E-state index in [1.165, 1.54) is 11.8 Å². The molecule has 0 atom stereocenters. The van der Waals surface area contributed by atoms with Crippen LogP contribution in [0.15, 0.2) is 30.0 Å². The van der Waals surface area contributed by atoms with Gasteiger partial charge in [-0.05, 0) is 6.26 Å². The van der Waals surface area contributed by atoms with E-state index in [9.17, 15) is 0 Å². The van der Waals surface area contributed by atoms with Gasteiger partial charge in [0.15, 0.2) is 11.0 Å². The first-order valence-corrected chi connectivity index (χ1v) is 6.28. The Bertz CT molecular complexity index is 444. The molecule has 17 heavy (non-hydrogen) atoms. The zero-order valence-corrected chi connectivity index (χ0v) is 10.6. The van der Waals surface area contributed by atoms with Gasteiger partial charge < -0.3 is 15.5 Å². The van der Waals surface area contributed by atoms with Crippen LogP contribution >= 0.6 is 11.8 Å². The van der Waals surface area contributed by atoms with Crippen molar-refractivity contribution in [3.8, 4) is 0 Å². The van der Waals surface area contributed by atoms with Crippen LogP contribution in [-0.2, 0) is 6.54 Å². The monoisotopic (exact) mass is 250 g/mol. The van der Waals surface area contributed by atoms with Crippen molar-refractivity contribution < 1.29 is 0 Å². The van der Waals surface area contributed by atoms with Crippen molar-refractivity contribution in [1.29, 1.82) is 0 Å². The topological polar surface area (TPSA) is 71.2 Å². The first kappa shape index (κ1) is 11.7. The highest BCUT2D eigenvalue weighted by atomic mass is 32.2. The third-order valence-corrected chi connectivity index (χ3v) is 2.72. The number of anilines is 1. The molecule has 2 rings (SSSR count). The van der Waals surface area contributed by atoms with E-state index in [1.54, 1.807) is 0 Å². The molecule has 0 saturated heterocycles. The molecule has 1 aliphatic heterocycles. The van der Waals surface area contributed by atoms with Crippen molar-refractivity contribution in [3.05, 3.63) is 30.6 Å². The molecular weight excluding hydrogens is 236 g/mol. The summed E-state index contributed by atoms with van der Waals surface area (Å²) in [5.41, 5.74) is 5.62. The van der Waals surface area contributed by atoms with Crippen molar-refractivity contribution in [3.63, 3.8) is 0 Å². The lowest BCUT2D eigenvalue weighted by Gasteiger charge is -2.21. The van der Waals surface area contributed by atoms with Gasteiger partial charge >= 0.3 is 0 Å². The molecule has 2 heterocycles. The summed E-state index contributed by atoms with van der Waals surface area (Å²) in [6, 6.07) is 0. The van der Waals surface area contributed by atoms with Crippen LogP contribution in [0.25, 0.3) is 0 Å². The molecule has 2 N–H and O–H groups in total. The summed E-state index contributed by atoms with van der Waals surface area (Å²) in [5.74, 6) is 0.933. The normalized spacial score (nSPS) is 14.5. The molecule has 90 valence electrons. The Balaban J connectivity index is 2.11. The molecule has 0 amide bonds. The maximum absolute atomic E-state index is 5.62. The van der Waals surface area contributed by atoms with Crippen LogP contribution in [0.5, 0.6) is 0 Å². The van der Waals surface area contributed by atoms with Crippen molar-refractivity contribution in [2.75, 3.05) is 19.0 Å². The zero-order valence-electron chi connectivity index (χ0n) is 9.74. The molecule has 1 aromatic heterocycles. The fourth-order valence-electron chi connectivity index (χ4n) is 1.33. The van der Waals surface area contributed by atoms with Gasteiger partial charge in [-0.3, -0.25) is 0 Å². The molecule has 0 unspecified atom stereocenters. The molecule has 0 bridgehead atoms. The number of hydrogen-bond donors (Lipinski definition) is 1. The fraction of sp³-hybridized carbons (Fsp3) is 0.300. The minimum atomic E-state index is 0.265. The molecule has 0 spiro atoms. The second-order valence-corrected chi connectivity index (χ2v) is 4.30. The summed E-state index contributed by atoms with van der Waals surface area (Å²) in [6.45, 7) is 0.584. The quantitative estimate of drug-likeness (QED) is 0.798. The summed E-state index contributed by atoms with van der Waals surface area (Å²) in [6.07, 6.45) is 9.74. The predicted molar refractivity (Wildman–Crippen MR) is 67.6 cm³/mol. The lowest BCUT2D eigenvalue weighted by atomic mass is 10.5. The molecule has 0 fully saturated rings. The Hall–Kier alpha value is -1.76. The largest absolute Gasteiger partial charge is 0.368 e. The van der Waals surface area contributed by atoms with Gasteiger partial charge in [0.25, 0.3) is 0 Å². The maximum Gasteiger partial charge on any atom is 0.224 e. The number of hydrogen-bond acceptors (Lipinski definition) is 7. The van der Waals surface area contributed by atoms with Crippen LogP contribution in [-0.4, -0.2) is 38.1 Å². The van der Waals surface area contributed by atoms with Crippen LogP contribution in [0.3, 0.4) is 0 Å². The summed E-state index contributed by atoms with van der Waals surface area (Å²) in [7, 11) is 1.97. The molecule has 1 aliphatic rings. The average molecular weight is 250 g/mol. The second-order valence-electron chi connectivity index (χ2n) is 3.53. The van der Waals surface area contributed by atoms with Crippen molar-refractivity contribution in [1.82, 2.24) is 24.8 Å². The molecule has 7 heteroatoms. The average Bonchev–Trinajstić information content (AvgIpc) is 2.31. The number of nitrogens with zero attached hydrogens (tertiary/aromatic N) is 5. The van der Waals surface area contributed by atoms with Gasteiger partial charge in [-0.1, -0.05) is 11.8 Å². The highest BCUT2D eigenvalue weighted by Gasteiger charge is 2.07. The van der Waals surface area contributed by atoms with E-state index in [1.807, 2.05) is 47.9 Å². The minimum Gasteiger partial charge on any atom is -0.368 e. The first-order valence-electron chi connectivity index (χ1n) is 5.06. The van der Waals surface area contributed by atoms with E-state index in [4.69, 9.17) is 5.73 Å². The predicted octanol–water partition coefficient (Wildman–Crippen LogP) is 0.866. The third-order valence-electron chi connectivity index (χ3n) is 2.17. The molecule has 0 aromatic carbocycles. The smallest absolute Gasteiger partial charge is 0.224 e. The van der Waals surface area contributed by atoms with Gasteiger partial charge in [0.1, 0.15) is 0 Å². The third kappa shape index (κ3) is 3.10. The van der Waals surface area contributed by atoms with Gasteiger partial charge in [0.05, 0.1) is 6.54 Å². The van der Waals surface area contributed by atoms with Gasteiger partial charge in [-0.25, -0.2) is 4.98 Å². The Kier molecular flexibility index (Phi) is 3.48. The molecule has 6 nitrogen and oxygen atoms in total. The van der Waals surface area contributed by atoms with E-state index in [-0.39, 0.29) is 5.95 Å². The Morgan fingerprint density at radius 2 is 1.88 bits per heavy atom. The van der Waals surface area contributed by atoms with E-state index < -0.39 is 0 Å². The van der Waals surface area contributed by atoms with Crippen LogP contribution in [0.2, 0.25) is 0 Å². The molecule has 0 saturated carbocycles. The lowest BCUT2D eigenvalue weighted by molar-refractivity contribution is 0.435. The SMILES string of the molecule is CSc1nc(N)nc(CN2C=CN(C)C=C2)n1. The Morgan fingerprint density at radius 1 is 1.18 bits per heavy atom. The Morgan fingerprint density at radius 3 is 2.53 bits per heavy atom. The molecule has 1 aromatic rings. The standard InChI is InChI=1S/C10H14N6S/c1-15-3-5-16(6-4-15)7-8-12-9(11)14-10(13-8)17-2/h3-6H,7H2,1-2H3,(H2,11,12,13,14). The molecular formula is C10H14N6S. The van der Waals surface area contributed by atoms with Crippen LogP contribution in [0.1, 0.15) is 5.82 Å². The second kappa shape index (κ2) is 5.05. The van der Waals surface area contributed by atoms with E-state index >= 15 is 0 Å². The number of rotatable bonds is 3. The summed E-state index contributed by atoms with van der Waals surface area (Å²) in [5, 5.41) is 0.648. The van der Waals surface area contributed by atoms with Gasteiger partial charge in [-0.15, -0.1) is 0 Å². The van der Waals surface area contributed by atoms with Crippen LogP contribution in [0.4, 0.5) is 5.95 Å². The minimum absolute atomic E-state index is 0.265. The summed E-state index contributed by atoms with van der Waals surface area (Å²) in [4.78, 5) is 16.4. The highest BCUT2D eigenvalue weighted by Crippen LogP contribution is 2.12. The molecule has 0 radical (unpaired) electrons. The summed E-state index contributed by atoms with van der Waals surface area (Å²) >= 11 is 1.45. The van der Waals surface area contributed by atoms with Gasteiger partial charge in [0.2, 0.25) is 5.95 Å². The Labute approximate surface area is 104 Å². The van der Waals surface area contributed by atoms with Crippen molar-refractivity contribution in [2.24, 2.45) is 0 Å². The van der Waals surface area contributed by atoms with Gasteiger partial charge in [0, 0.05) is 31.8 Å². The fourth-order valence-corrected chi connectivity index (χ4v) is 1.71.